The first-order valence-electron chi connectivity index (χ1n) is 7.64. The van der Waals surface area contributed by atoms with E-state index in [4.69, 9.17) is 9.47 Å². The van der Waals surface area contributed by atoms with Gasteiger partial charge in [0.05, 0.1) is 0 Å². The molecule has 1 atom stereocenters. The van der Waals surface area contributed by atoms with Crippen LogP contribution in [0.25, 0.3) is 0 Å². The molecule has 1 unspecified atom stereocenters. The molecule has 2 aliphatic heterocycles. The van der Waals surface area contributed by atoms with E-state index < -0.39 is 0 Å². The van der Waals surface area contributed by atoms with Gasteiger partial charge in [0, 0.05) is 50.2 Å². The van der Waals surface area contributed by atoms with E-state index in [-0.39, 0.29) is 12.4 Å². The Balaban J connectivity index is 0.00000156. The molecule has 0 spiro atoms. The van der Waals surface area contributed by atoms with Crippen molar-refractivity contribution in [3.05, 3.63) is 53.9 Å². The molecule has 0 bridgehead atoms. The van der Waals surface area contributed by atoms with Gasteiger partial charge in [0.2, 0.25) is 6.79 Å². The van der Waals surface area contributed by atoms with E-state index in [0.717, 1.165) is 37.7 Å². The molecule has 23 heavy (non-hydrogen) atoms. The second-order valence-electron chi connectivity index (χ2n) is 5.63. The van der Waals surface area contributed by atoms with Gasteiger partial charge < -0.3 is 14.8 Å². The highest BCUT2D eigenvalue weighted by molar-refractivity contribution is 5.85. The first kappa shape index (κ1) is 16.1. The third-order valence-electron chi connectivity index (χ3n) is 4.28. The molecule has 0 saturated carbocycles. The van der Waals surface area contributed by atoms with Crippen molar-refractivity contribution in [2.24, 2.45) is 0 Å². The standard InChI is InChI=1S/C17H19N3O2.ClH/c1-3-14(17-16(5-1)21-12-22-17)11-20-8-7-19-10-15(20)13-4-2-6-18-9-13;/h1-6,9,15,19H,7-8,10-12H2;1H. The highest BCUT2D eigenvalue weighted by atomic mass is 35.5. The van der Waals surface area contributed by atoms with Gasteiger partial charge in [0.1, 0.15) is 0 Å². The highest BCUT2D eigenvalue weighted by Crippen LogP contribution is 2.37. The van der Waals surface area contributed by atoms with Crippen LogP contribution in [0.5, 0.6) is 11.5 Å². The predicted octanol–water partition coefficient (Wildman–Crippen LogP) is 2.38. The zero-order valence-corrected chi connectivity index (χ0v) is 13.6. The maximum atomic E-state index is 5.64. The third-order valence-corrected chi connectivity index (χ3v) is 4.28. The van der Waals surface area contributed by atoms with Crippen LogP contribution in [0.1, 0.15) is 17.2 Å². The van der Waals surface area contributed by atoms with E-state index in [9.17, 15) is 0 Å². The minimum Gasteiger partial charge on any atom is -0.454 e. The normalized spacial score (nSPS) is 20.1. The molecule has 0 radical (unpaired) electrons. The number of hydrogen-bond donors (Lipinski definition) is 1. The third kappa shape index (κ3) is 3.27. The van der Waals surface area contributed by atoms with Gasteiger partial charge in [0.15, 0.2) is 11.5 Å². The quantitative estimate of drug-likeness (QED) is 0.934. The smallest absolute Gasteiger partial charge is 0.231 e. The Morgan fingerprint density at radius 1 is 1.22 bits per heavy atom. The molecule has 1 N–H and O–H groups in total. The first-order chi connectivity index (χ1) is 10.9. The number of aromatic nitrogens is 1. The number of nitrogens with one attached hydrogen (secondary N) is 1. The number of para-hydroxylation sites is 1. The fourth-order valence-corrected chi connectivity index (χ4v) is 3.17. The van der Waals surface area contributed by atoms with E-state index in [1.54, 1.807) is 0 Å². The summed E-state index contributed by atoms with van der Waals surface area (Å²) in [5, 5.41) is 3.48. The Bertz CT molecular complexity index is 654. The number of pyridine rings is 1. The van der Waals surface area contributed by atoms with Gasteiger partial charge in [-0.1, -0.05) is 18.2 Å². The molecule has 6 heteroatoms. The lowest BCUT2D eigenvalue weighted by atomic mass is 10.0. The number of nitrogens with zero attached hydrogens (tertiary/aromatic N) is 2. The van der Waals surface area contributed by atoms with Crippen LogP contribution in [0.4, 0.5) is 0 Å². The SMILES string of the molecule is Cl.c1cncc(C2CNCCN2Cc2cccc3c2OCO3)c1. The van der Waals surface area contributed by atoms with Gasteiger partial charge in [-0.25, -0.2) is 0 Å². The van der Waals surface area contributed by atoms with Crippen molar-refractivity contribution in [1.29, 1.82) is 0 Å². The zero-order valence-electron chi connectivity index (χ0n) is 12.8. The Labute approximate surface area is 142 Å². The van der Waals surface area contributed by atoms with Crippen LogP contribution in [-0.4, -0.2) is 36.3 Å². The molecule has 2 aliphatic rings. The van der Waals surface area contributed by atoms with Gasteiger partial charge in [-0.05, 0) is 17.7 Å². The van der Waals surface area contributed by atoms with Crippen molar-refractivity contribution in [2.75, 3.05) is 26.4 Å². The molecular weight excluding hydrogens is 314 g/mol. The monoisotopic (exact) mass is 333 g/mol. The fraction of sp³-hybridized carbons (Fsp3) is 0.353. The molecule has 2 aromatic rings. The minimum atomic E-state index is 0. The average Bonchev–Trinajstić information content (AvgIpc) is 3.06. The van der Waals surface area contributed by atoms with Crippen molar-refractivity contribution in [2.45, 2.75) is 12.6 Å². The second-order valence-corrected chi connectivity index (χ2v) is 5.63. The molecule has 1 fully saturated rings. The average molecular weight is 334 g/mol. The molecule has 3 heterocycles. The number of benzene rings is 1. The van der Waals surface area contributed by atoms with Gasteiger partial charge >= 0.3 is 0 Å². The summed E-state index contributed by atoms with van der Waals surface area (Å²) >= 11 is 0. The first-order valence-corrected chi connectivity index (χ1v) is 7.64. The molecule has 5 nitrogen and oxygen atoms in total. The topological polar surface area (TPSA) is 46.6 Å². The summed E-state index contributed by atoms with van der Waals surface area (Å²) in [6.45, 7) is 4.12. The summed E-state index contributed by atoms with van der Waals surface area (Å²) in [7, 11) is 0. The summed E-state index contributed by atoms with van der Waals surface area (Å²) in [4.78, 5) is 6.74. The number of fused-ring (bicyclic) bond motifs is 1. The van der Waals surface area contributed by atoms with Crippen molar-refractivity contribution in [3.8, 4) is 11.5 Å². The van der Waals surface area contributed by atoms with Crippen LogP contribution in [0.2, 0.25) is 0 Å². The van der Waals surface area contributed by atoms with Crippen LogP contribution < -0.4 is 14.8 Å². The summed E-state index contributed by atoms with van der Waals surface area (Å²) in [5.41, 5.74) is 2.44. The summed E-state index contributed by atoms with van der Waals surface area (Å²) < 4.78 is 11.1. The van der Waals surface area contributed by atoms with Crippen LogP contribution in [0.3, 0.4) is 0 Å². The predicted molar refractivity (Wildman–Crippen MR) is 90.1 cm³/mol. The number of rotatable bonds is 3. The Morgan fingerprint density at radius 2 is 2.17 bits per heavy atom. The summed E-state index contributed by atoms with van der Waals surface area (Å²) in [6.07, 6.45) is 3.78. The van der Waals surface area contributed by atoms with E-state index in [0.29, 0.717) is 12.8 Å². The lowest BCUT2D eigenvalue weighted by Crippen LogP contribution is -2.45. The van der Waals surface area contributed by atoms with Gasteiger partial charge in [-0.15, -0.1) is 12.4 Å². The van der Waals surface area contributed by atoms with Crippen molar-refractivity contribution in [3.63, 3.8) is 0 Å². The Hall–Kier alpha value is -1.82. The summed E-state index contributed by atoms with van der Waals surface area (Å²) in [6, 6.07) is 10.6. The van der Waals surface area contributed by atoms with Gasteiger partial charge in [0.25, 0.3) is 0 Å². The van der Waals surface area contributed by atoms with Crippen molar-refractivity contribution < 1.29 is 9.47 Å². The molecule has 122 valence electrons. The van der Waals surface area contributed by atoms with Crippen molar-refractivity contribution in [1.82, 2.24) is 15.2 Å². The number of ether oxygens (including phenoxy) is 2. The molecule has 1 saturated heterocycles. The van der Waals surface area contributed by atoms with Crippen LogP contribution >= 0.6 is 12.4 Å². The minimum absolute atomic E-state index is 0. The molecule has 0 amide bonds. The van der Waals surface area contributed by atoms with Gasteiger partial charge in [-0.3, -0.25) is 9.88 Å². The Kier molecular flexibility index (Phi) is 5.00. The zero-order chi connectivity index (χ0) is 14.8. The van der Waals surface area contributed by atoms with Gasteiger partial charge in [-0.2, -0.15) is 0 Å². The molecule has 0 aliphatic carbocycles. The van der Waals surface area contributed by atoms with Crippen LogP contribution in [0, 0.1) is 0 Å². The Morgan fingerprint density at radius 3 is 3.04 bits per heavy atom. The maximum absolute atomic E-state index is 5.64. The molecule has 4 rings (SSSR count). The fourth-order valence-electron chi connectivity index (χ4n) is 3.17. The number of halogens is 1. The largest absolute Gasteiger partial charge is 0.454 e. The molecular formula is C17H20ClN3O2. The molecule has 1 aromatic heterocycles. The lowest BCUT2D eigenvalue weighted by Gasteiger charge is -2.36. The van der Waals surface area contributed by atoms with Crippen molar-refractivity contribution >= 4 is 12.4 Å². The van der Waals surface area contributed by atoms with E-state index in [2.05, 4.69) is 27.3 Å². The maximum Gasteiger partial charge on any atom is 0.231 e. The second kappa shape index (κ2) is 7.17. The number of hydrogen-bond acceptors (Lipinski definition) is 5. The molecule has 1 aromatic carbocycles. The van der Waals surface area contributed by atoms with Crippen LogP contribution in [-0.2, 0) is 6.54 Å². The van der Waals surface area contributed by atoms with E-state index in [1.165, 1.54) is 11.1 Å². The highest BCUT2D eigenvalue weighted by Gasteiger charge is 2.26. The van der Waals surface area contributed by atoms with Crippen LogP contribution in [0.15, 0.2) is 42.7 Å². The van der Waals surface area contributed by atoms with E-state index in [1.807, 2.05) is 30.6 Å². The summed E-state index contributed by atoms with van der Waals surface area (Å²) in [5.74, 6) is 1.75. The number of piperazine rings is 1. The van der Waals surface area contributed by atoms with E-state index >= 15 is 0 Å². The lowest BCUT2D eigenvalue weighted by molar-refractivity contribution is 0.148.